The maximum absolute atomic E-state index is 12.8. The summed E-state index contributed by atoms with van der Waals surface area (Å²) in [6, 6.07) is 5.44. The zero-order valence-corrected chi connectivity index (χ0v) is 17.1. The van der Waals surface area contributed by atoms with Gasteiger partial charge in [0, 0.05) is 44.7 Å². The van der Waals surface area contributed by atoms with Gasteiger partial charge in [0.15, 0.2) is 0 Å². The number of likely N-dealkylation sites (tertiary alicyclic amines) is 1. The maximum Gasteiger partial charge on any atom is 0.255 e. The van der Waals surface area contributed by atoms with Gasteiger partial charge in [-0.3, -0.25) is 24.6 Å². The van der Waals surface area contributed by atoms with E-state index in [0.29, 0.717) is 30.7 Å². The lowest BCUT2D eigenvalue weighted by Crippen LogP contribution is -2.52. The molecule has 0 bridgehead atoms. The highest BCUT2D eigenvalue weighted by atomic mass is 16.5. The maximum atomic E-state index is 12.8. The lowest BCUT2D eigenvalue weighted by molar-refractivity contribution is -0.136. The first-order chi connectivity index (χ1) is 14.6. The average Bonchev–Trinajstić information content (AvgIpc) is 3.01. The van der Waals surface area contributed by atoms with Gasteiger partial charge in [0.1, 0.15) is 6.04 Å². The minimum Gasteiger partial charge on any atom is -0.371 e. The van der Waals surface area contributed by atoms with E-state index in [1.54, 1.807) is 4.90 Å². The summed E-state index contributed by atoms with van der Waals surface area (Å²) in [6.07, 6.45) is 3.58. The molecule has 2 atom stereocenters. The van der Waals surface area contributed by atoms with Crippen LogP contribution in [0.3, 0.4) is 0 Å². The van der Waals surface area contributed by atoms with Crippen molar-refractivity contribution in [2.45, 2.75) is 57.0 Å². The third kappa shape index (κ3) is 3.87. The molecule has 160 valence electrons. The number of piperidine rings is 2. The molecule has 0 saturated carbocycles. The molecule has 8 nitrogen and oxygen atoms in total. The van der Waals surface area contributed by atoms with Gasteiger partial charge in [-0.25, -0.2) is 0 Å². The Kier molecular flexibility index (Phi) is 5.30. The van der Waals surface area contributed by atoms with E-state index in [-0.39, 0.29) is 24.1 Å². The number of benzene rings is 1. The highest BCUT2D eigenvalue weighted by molar-refractivity contribution is 6.05. The highest BCUT2D eigenvalue weighted by Gasteiger charge is 2.39. The average molecular weight is 412 g/mol. The monoisotopic (exact) mass is 412 g/mol. The molecular formula is C22H28N4O4. The lowest BCUT2D eigenvalue weighted by Gasteiger charge is -2.37. The van der Waals surface area contributed by atoms with Crippen LogP contribution >= 0.6 is 0 Å². The molecule has 0 spiro atoms. The smallest absolute Gasteiger partial charge is 0.255 e. The van der Waals surface area contributed by atoms with Crippen molar-refractivity contribution in [2.24, 2.45) is 0 Å². The summed E-state index contributed by atoms with van der Waals surface area (Å²) in [4.78, 5) is 40.5. The van der Waals surface area contributed by atoms with Crippen molar-refractivity contribution < 1.29 is 19.1 Å². The lowest BCUT2D eigenvalue weighted by atomic mass is 10.0. The Hall–Kier alpha value is -2.29. The summed E-state index contributed by atoms with van der Waals surface area (Å²) in [5.74, 6) is -0.750. The summed E-state index contributed by atoms with van der Waals surface area (Å²) in [5, 5.41) is 5.60. The molecule has 3 fully saturated rings. The first-order valence-corrected chi connectivity index (χ1v) is 10.9. The van der Waals surface area contributed by atoms with Gasteiger partial charge in [-0.2, -0.15) is 0 Å². The molecule has 8 heteroatoms. The second-order valence-electron chi connectivity index (χ2n) is 8.81. The number of ether oxygens (including phenoxy) is 1. The van der Waals surface area contributed by atoms with Crippen LogP contribution in [0, 0.1) is 0 Å². The standard InChI is InChI=1S/C22H28N4O4/c27-20-6-5-19(21(28)24-20)26-12-15-8-14(3-4-18(15)22(26)29)11-25-7-1-2-16(13-25)30-17-9-23-10-17/h3-4,8,16-17,19,23H,1-2,5-7,9-13H2,(H,24,27,28). The zero-order valence-electron chi connectivity index (χ0n) is 17.1. The van der Waals surface area contributed by atoms with Gasteiger partial charge in [0.2, 0.25) is 11.8 Å². The fourth-order valence-corrected chi connectivity index (χ4v) is 4.88. The van der Waals surface area contributed by atoms with E-state index in [2.05, 4.69) is 21.6 Å². The van der Waals surface area contributed by atoms with Crippen LogP contribution in [0.5, 0.6) is 0 Å². The number of nitrogens with one attached hydrogen (secondary N) is 2. The summed E-state index contributed by atoms with van der Waals surface area (Å²) < 4.78 is 6.16. The fraction of sp³-hybridized carbons (Fsp3) is 0.591. The topological polar surface area (TPSA) is 91.0 Å². The van der Waals surface area contributed by atoms with Crippen LogP contribution in [0.1, 0.15) is 47.2 Å². The number of carbonyl (C=O) groups excluding carboxylic acids is 3. The van der Waals surface area contributed by atoms with Gasteiger partial charge in [-0.15, -0.1) is 0 Å². The van der Waals surface area contributed by atoms with E-state index in [0.717, 1.165) is 51.1 Å². The molecule has 4 aliphatic rings. The second kappa shape index (κ2) is 8.09. The number of imide groups is 1. The second-order valence-corrected chi connectivity index (χ2v) is 8.81. The highest BCUT2D eigenvalue weighted by Crippen LogP contribution is 2.29. The molecule has 0 radical (unpaired) electrons. The molecule has 4 aliphatic heterocycles. The Morgan fingerprint density at radius 3 is 2.73 bits per heavy atom. The number of nitrogens with zero attached hydrogens (tertiary/aromatic N) is 2. The molecule has 1 aromatic rings. The van der Waals surface area contributed by atoms with Crippen LogP contribution in [-0.2, 0) is 27.4 Å². The summed E-state index contributed by atoms with van der Waals surface area (Å²) in [7, 11) is 0. The van der Waals surface area contributed by atoms with Crippen LogP contribution < -0.4 is 10.6 Å². The number of fused-ring (bicyclic) bond motifs is 1. The van der Waals surface area contributed by atoms with Crippen molar-refractivity contribution in [1.82, 2.24) is 20.4 Å². The number of hydrogen-bond donors (Lipinski definition) is 2. The largest absolute Gasteiger partial charge is 0.371 e. The molecule has 5 rings (SSSR count). The molecule has 0 aromatic heterocycles. The van der Waals surface area contributed by atoms with Crippen molar-refractivity contribution in [2.75, 3.05) is 26.2 Å². The zero-order chi connectivity index (χ0) is 20.7. The van der Waals surface area contributed by atoms with Crippen LogP contribution in [0.15, 0.2) is 18.2 Å². The predicted octanol–water partition coefficient (Wildman–Crippen LogP) is 0.400. The van der Waals surface area contributed by atoms with Gasteiger partial charge < -0.3 is 15.0 Å². The first-order valence-electron chi connectivity index (χ1n) is 10.9. The predicted molar refractivity (Wildman–Crippen MR) is 109 cm³/mol. The number of amides is 3. The van der Waals surface area contributed by atoms with E-state index in [4.69, 9.17) is 4.74 Å². The van der Waals surface area contributed by atoms with Gasteiger partial charge in [-0.05, 0) is 43.0 Å². The van der Waals surface area contributed by atoms with Crippen molar-refractivity contribution in [3.63, 3.8) is 0 Å². The molecular weight excluding hydrogens is 384 g/mol. The van der Waals surface area contributed by atoms with E-state index >= 15 is 0 Å². The van der Waals surface area contributed by atoms with Crippen molar-refractivity contribution >= 4 is 17.7 Å². The third-order valence-electron chi connectivity index (χ3n) is 6.59. The Bertz CT molecular complexity index is 869. The van der Waals surface area contributed by atoms with Crippen molar-refractivity contribution in [3.05, 3.63) is 34.9 Å². The number of rotatable bonds is 5. The van der Waals surface area contributed by atoms with Crippen LogP contribution in [-0.4, -0.2) is 72.0 Å². The van der Waals surface area contributed by atoms with Crippen LogP contribution in [0.4, 0.5) is 0 Å². The van der Waals surface area contributed by atoms with Crippen LogP contribution in [0.2, 0.25) is 0 Å². The summed E-state index contributed by atoms with van der Waals surface area (Å²) in [5.41, 5.74) is 2.81. The summed E-state index contributed by atoms with van der Waals surface area (Å²) >= 11 is 0. The molecule has 30 heavy (non-hydrogen) atoms. The molecule has 4 heterocycles. The number of carbonyl (C=O) groups is 3. The van der Waals surface area contributed by atoms with Gasteiger partial charge in [0.25, 0.3) is 5.91 Å². The molecule has 0 aliphatic carbocycles. The van der Waals surface area contributed by atoms with Gasteiger partial charge in [-0.1, -0.05) is 12.1 Å². The minimum absolute atomic E-state index is 0.119. The molecule has 3 amide bonds. The van der Waals surface area contributed by atoms with Gasteiger partial charge in [0.05, 0.1) is 12.2 Å². The number of hydrogen-bond acceptors (Lipinski definition) is 6. The first kappa shape index (κ1) is 19.7. The van der Waals surface area contributed by atoms with E-state index in [9.17, 15) is 14.4 Å². The molecule has 3 saturated heterocycles. The van der Waals surface area contributed by atoms with E-state index < -0.39 is 6.04 Å². The van der Waals surface area contributed by atoms with Gasteiger partial charge >= 0.3 is 0 Å². The fourth-order valence-electron chi connectivity index (χ4n) is 4.88. The molecule has 2 N–H and O–H groups in total. The SMILES string of the molecule is O=C1CCC(N2Cc3cc(CN4CCCC(OC5CNC5)C4)ccc3C2=O)C(=O)N1. The van der Waals surface area contributed by atoms with E-state index in [1.807, 2.05) is 12.1 Å². The Labute approximate surface area is 175 Å². The van der Waals surface area contributed by atoms with Crippen molar-refractivity contribution in [1.29, 1.82) is 0 Å². The Balaban J connectivity index is 1.23. The normalized spacial score (nSPS) is 27.7. The quantitative estimate of drug-likeness (QED) is 0.681. The van der Waals surface area contributed by atoms with Crippen molar-refractivity contribution in [3.8, 4) is 0 Å². The molecule has 2 unspecified atom stereocenters. The minimum atomic E-state index is -0.563. The molecule has 1 aromatic carbocycles. The third-order valence-corrected chi connectivity index (χ3v) is 6.59. The Morgan fingerprint density at radius 2 is 1.97 bits per heavy atom. The van der Waals surface area contributed by atoms with E-state index in [1.165, 1.54) is 5.56 Å². The Morgan fingerprint density at radius 1 is 1.10 bits per heavy atom. The van der Waals surface area contributed by atoms with Crippen LogP contribution in [0.25, 0.3) is 0 Å². The summed E-state index contributed by atoms with van der Waals surface area (Å²) in [6.45, 7) is 5.17.